The first kappa shape index (κ1) is 20.0. The van der Waals surface area contributed by atoms with Gasteiger partial charge in [-0.05, 0) is 48.0 Å². The number of halogens is 2. The third-order valence-electron chi connectivity index (χ3n) is 4.43. The lowest BCUT2D eigenvalue weighted by Gasteiger charge is -2.13. The number of anilines is 1. The number of hydrogen-bond donors (Lipinski definition) is 2. The number of para-hydroxylation sites is 1. The molecular formula is C23H16Cl2N2O3. The van der Waals surface area contributed by atoms with Crippen molar-refractivity contribution in [2.24, 2.45) is 0 Å². The van der Waals surface area contributed by atoms with Crippen LogP contribution in [-0.2, 0) is 6.54 Å². The fourth-order valence-electron chi connectivity index (χ4n) is 3.03. The van der Waals surface area contributed by atoms with Gasteiger partial charge in [0.25, 0.3) is 0 Å². The molecule has 0 saturated carbocycles. The summed E-state index contributed by atoms with van der Waals surface area (Å²) in [5.74, 6) is 0.366. The minimum absolute atomic E-state index is 0.0880. The zero-order chi connectivity index (χ0) is 21.1. The maximum absolute atomic E-state index is 11.5. The van der Waals surface area contributed by atoms with E-state index < -0.39 is 5.97 Å². The van der Waals surface area contributed by atoms with E-state index in [-0.39, 0.29) is 5.69 Å². The van der Waals surface area contributed by atoms with Crippen LogP contribution in [0.4, 0.5) is 5.69 Å². The third-order valence-corrected chi connectivity index (χ3v) is 4.95. The highest BCUT2D eigenvalue weighted by Gasteiger charge is 2.14. The molecule has 7 heteroatoms. The van der Waals surface area contributed by atoms with Crippen molar-refractivity contribution in [2.45, 2.75) is 6.54 Å². The van der Waals surface area contributed by atoms with Crippen LogP contribution in [0.1, 0.15) is 16.1 Å². The number of rotatable bonds is 6. The molecule has 150 valence electrons. The highest BCUT2D eigenvalue weighted by Crippen LogP contribution is 2.33. The summed E-state index contributed by atoms with van der Waals surface area (Å²) >= 11 is 12.4. The van der Waals surface area contributed by atoms with Crippen molar-refractivity contribution in [3.8, 4) is 11.5 Å². The molecule has 2 N–H and O–H groups in total. The topological polar surface area (TPSA) is 71.5 Å². The molecule has 4 aromatic rings. The van der Waals surface area contributed by atoms with Crippen molar-refractivity contribution < 1.29 is 14.6 Å². The number of carbonyl (C=O) groups is 1. The summed E-state index contributed by atoms with van der Waals surface area (Å²) in [6.45, 7) is 0.461. The molecule has 3 aromatic carbocycles. The maximum atomic E-state index is 11.5. The summed E-state index contributed by atoms with van der Waals surface area (Å²) in [5.41, 5.74) is 1.89. The average molecular weight is 439 g/mol. The lowest BCUT2D eigenvalue weighted by atomic mass is 10.1. The quantitative estimate of drug-likeness (QED) is 0.352. The van der Waals surface area contributed by atoms with Crippen molar-refractivity contribution in [3.63, 3.8) is 0 Å². The highest BCUT2D eigenvalue weighted by atomic mass is 35.5. The molecule has 0 spiro atoms. The van der Waals surface area contributed by atoms with Gasteiger partial charge in [0.15, 0.2) is 5.69 Å². The molecule has 0 amide bonds. The number of nitrogens with zero attached hydrogens (tertiary/aromatic N) is 1. The molecule has 0 aliphatic heterocycles. The Labute approximate surface area is 182 Å². The molecule has 5 nitrogen and oxygen atoms in total. The van der Waals surface area contributed by atoms with Gasteiger partial charge in [-0.1, -0.05) is 53.5 Å². The van der Waals surface area contributed by atoms with E-state index in [4.69, 9.17) is 27.9 Å². The first-order chi connectivity index (χ1) is 14.5. The normalized spacial score (nSPS) is 10.7. The number of hydrogen-bond acceptors (Lipinski definition) is 4. The Kier molecular flexibility index (Phi) is 5.74. The molecule has 0 aliphatic rings. The number of carboxylic acids is 1. The van der Waals surface area contributed by atoms with E-state index in [1.54, 1.807) is 12.1 Å². The molecule has 0 aliphatic carbocycles. The van der Waals surface area contributed by atoms with Gasteiger partial charge in [-0.2, -0.15) is 0 Å². The molecule has 0 radical (unpaired) electrons. The van der Waals surface area contributed by atoms with Crippen LogP contribution in [0.25, 0.3) is 10.9 Å². The summed E-state index contributed by atoms with van der Waals surface area (Å²) in [6.07, 6.45) is 0. The monoisotopic (exact) mass is 438 g/mol. The smallest absolute Gasteiger partial charge is 0.354 e. The van der Waals surface area contributed by atoms with Gasteiger partial charge < -0.3 is 15.2 Å². The Hall–Kier alpha value is -3.28. The largest absolute Gasteiger partial charge is 0.477 e. The molecule has 0 bridgehead atoms. The van der Waals surface area contributed by atoms with Gasteiger partial charge in [-0.25, -0.2) is 9.78 Å². The maximum Gasteiger partial charge on any atom is 0.354 e. The first-order valence-electron chi connectivity index (χ1n) is 9.08. The van der Waals surface area contributed by atoms with Crippen molar-refractivity contribution in [1.82, 2.24) is 4.98 Å². The van der Waals surface area contributed by atoms with Gasteiger partial charge in [-0.15, -0.1) is 0 Å². The standard InChI is InChI=1S/C23H16Cl2N2O3/c24-15-10-18(25)22-19(12-21(23(28)29)27-20(22)11-15)26-13-14-6-8-17(9-7-14)30-16-4-2-1-3-5-16/h1-12H,13H2,(H,26,27)(H,28,29). The molecular weight excluding hydrogens is 423 g/mol. The van der Waals surface area contributed by atoms with Crippen LogP contribution in [0.2, 0.25) is 10.0 Å². The third kappa shape index (κ3) is 4.48. The van der Waals surface area contributed by atoms with E-state index in [9.17, 15) is 9.90 Å². The van der Waals surface area contributed by atoms with Crippen LogP contribution >= 0.6 is 23.2 Å². The zero-order valence-corrected chi connectivity index (χ0v) is 17.1. The van der Waals surface area contributed by atoms with Crippen LogP contribution in [0.5, 0.6) is 11.5 Å². The average Bonchev–Trinajstić information content (AvgIpc) is 2.73. The second kappa shape index (κ2) is 8.61. The lowest BCUT2D eigenvalue weighted by Crippen LogP contribution is -2.06. The van der Waals surface area contributed by atoms with Gasteiger partial charge in [0, 0.05) is 22.6 Å². The molecule has 1 aromatic heterocycles. The van der Waals surface area contributed by atoms with E-state index in [1.807, 2.05) is 54.6 Å². The summed E-state index contributed by atoms with van der Waals surface area (Å²) < 4.78 is 5.80. The van der Waals surface area contributed by atoms with Crippen LogP contribution in [0.3, 0.4) is 0 Å². The minimum atomic E-state index is -1.13. The molecule has 1 heterocycles. The number of pyridine rings is 1. The van der Waals surface area contributed by atoms with Crippen molar-refractivity contribution in [1.29, 1.82) is 0 Å². The number of nitrogens with one attached hydrogen (secondary N) is 1. The van der Waals surface area contributed by atoms with Crippen molar-refractivity contribution in [2.75, 3.05) is 5.32 Å². The summed E-state index contributed by atoms with van der Waals surface area (Å²) in [7, 11) is 0. The van der Waals surface area contributed by atoms with E-state index in [2.05, 4.69) is 10.3 Å². The Morgan fingerprint density at radius 3 is 2.37 bits per heavy atom. The van der Waals surface area contributed by atoms with Crippen LogP contribution in [0, 0.1) is 0 Å². The predicted molar refractivity (Wildman–Crippen MR) is 119 cm³/mol. The second-order valence-corrected chi connectivity index (χ2v) is 7.40. The summed E-state index contributed by atoms with van der Waals surface area (Å²) in [6, 6.07) is 21.8. The second-order valence-electron chi connectivity index (χ2n) is 6.55. The van der Waals surface area contributed by atoms with Gasteiger partial charge >= 0.3 is 5.97 Å². The Morgan fingerprint density at radius 2 is 1.67 bits per heavy atom. The van der Waals surface area contributed by atoms with Crippen molar-refractivity contribution in [3.05, 3.63) is 94.1 Å². The Morgan fingerprint density at radius 1 is 0.967 bits per heavy atom. The van der Waals surface area contributed by atoms with Gasteiger partial charge in [0.2, 0.25) is 0 Å². The minimum Gasteiger partial charge on any atom is -0.477 e. The fraction of sp³-hybridized carbons (Fsp3) is 0.0435. The summed E-state index contributed by atoms with van der Waals surface area (Å²) in [5, 5.41) is 14.0. The Balaban J connectivity index is 1.56. The predicted octanol–water partition coefficient (Wildman–Crippen LogP) is 6.64. The summed E-state index contributed by atoms with van der Waals surface area (Å²) in [4.78, 5) is 15.6. The molecule has 0 unspecified atom stereocenters. The number of aromatic carboxylic acids is 1. The van der Waals surface area contributed by atoms with Crippen LogP contribution in [0.15, 0.2) is 72.8 Å². The van der Waals surface area contributed by atoms with Crippen molar-refractivity contribution >= 4 is 45.8 Å². The van der Waals surface area contributed by atoms with Gasteiger partial charge in [0.1, 0.15) is 11.5 Å². The molecule has 0 atom stereocenters. The highest BCUT2D eigenvalue weighted by molar-refractivity contribution is 6.39. The van der Waals surface area contributed by atoms with E-state index in [1.165, 1.54) is 6.07 Å². The zero-order valence-electron chi connectivity index (χ0n) is 15.6. The van der Waals surface area contributed by atoms with E-state index >= 15 is 0 Å². The number of ether oxygens (including phenoxy) is 1. The molecule has 4 rings (SSSR count). The van der Waals surface area contributed by atoms with Gasteiger partial charge in [0.05, 0.1) is 10.5 Å². The van der Waals surface area contributed by atoms with E-state index in [0.29, 0.717) is 33.2 Å². The SMILES string of the molecule is O=C(O)c1cc(NCc2ccc(Oc3ccccc3)cc2)c2c(Cl)cc(Cl)cc2n1. The molecule has 30 heavy (non-hydrogen) atoms. The van der Waals surface area contributed by atoms with Crippen LogP contribution in [-0.4, -0.2) is 16.1 Å². The van der Waals surface area contributed by atoms with E-state index in [0.717, 1.165) is 17.1 Å². The number of benzene rings is 3. The Bertz CT molecular complexity index is 1210. The fourth-order valence-corrected chi connectivity index (χ4v) is 3.62. The van der Waals surface area contributed by atoms with Gasteiger partial charge in [-0.3, -0.25) is 0 Å². The van der Waals surface area contributed by atoms with Crippen LogP contribution < -0.4 is 10.1 Å². The lowest BCUT2D eigenvalue weighted by molar-refractivity contribution is 0.0691. The molecule has 0 saturated heterocycles. The number of fused-ring (bicyclic) bond motifs is 1. The molecule has 0 fully saturated rings. The number of aromatic nitrogens is 1. The first-order valence-corrected chi connectivity index (χ1v) is 9.84. The number of carboxylic acid groups (broad SMARTS) is 1.